The average molecular weight is 447 g/mol. The highest BCUT2D eigenvalue weighted by molar-refractivity contribution is 5.78. The molecule has 2 aromatic rings. The van der Waals surface area contributed by atoms with Crippen molar-refractivity contribution in [2.24, 2.45) is 0 Å². The second-order valence-corrected chi connectivity index (χ2v) is 9.89. The zero-order valence-electron chi connectivity index (χ0n) is 19.9. The molecule has 2 unspecified atom stereocenters. The van der Waals surface area contributed by atoms with E-state index < -0.39 is 0 Å². The van der Waals surface area contributed by atoms with Crippen LogP contribution in [0.25, 0.3) is 11.1 Å². The molecule has 2 aliphatic heterocycles. The van der Waals surface area contributed by atoms with E-state index in [1.54, 1.807) is 0 Å². The summed E-state index contributed by atoms with van der Waals surface area (Å²) in [6.07, 6.45) is 8.22. The van der Waals surface area contributed by atoms with Gasteiger partial charge in [0.25, 0.3) is 0 Å². The van der Waals surface area contributed by atoms with Crippen molar-refractivity contribution in [1.82, 2.24) is 0 Å². The molecule has 0 saturated carbocycles. The lowest BCUT2D eigenvalue weighted by molar-refractivity contribution is 0.257. The Balaban J connectivity index is 1.32. The SMILES string of the molecule is CCC(C)(C)c1cc(C2=CC=C(c3ccc(OCC4CO4)cc3)CC2)ccc1OCC1CO1. The van der Waals surface area contributed by atoms with Crippen molar-refractivity contribution in [3.05, 3.63) is 71.3 Å². The molecule has 174 valence electrons. The Morgan fingerprint density at radius 2 is 1.39 bits per heavy atom. The Labute approximate surface area is 197 Å². The van der Waals surface area contributed by atoms with Crippen LogP contribution in [0, 0.1) is 0 Å². The molecular weight excluding hydrogens is 412 g/mol. The highest BCUT2D eigenvalue weighted by atomic mass is 16.6. The Morgan fingerprint density at radius 3 is 1.97 bits per heavy atom. The summed E-state index contributed by atoms with van der Waals surface area (Å²) in [5, 5.41) is 0. The van der Waals surface area contributed by atoms with Gasteiger partial charge in [0.15, 0.2) is 0 Å². The number of ether oxygens (including phenoxy) is 4. The van der Waals surface area contributed by atoms with E-state index in [0.717, 1.165) is 44.0 Å². The van der Waals surface area contributed by atoms with Gasteiger partial charge in [-0.1, -0.05) is 51.1 Å². The van der Waals surface area contributed by atoms with Gasteiger partial charge < -0.3 is 18.9 Å². The average Bonchev–Trinajstić information content (AvgIpc) is 3.77. The molecule has 3 aliphatic rings. The summed E-state index contributed by atoms with van der Waals surface area (Å²) in [6, 6.07) is 15.1. The molecule has 33 heavy (non-hydrogen) atoms. The first-order chi connectivity index (χ1) is 16.0. The molecule has 2 saturated heterocycles. The molecule has 5 rings (SSSR count). The lowest BCUT2D eigenvalue weighted by Crippen LogP contribution is -2.18. The molecule has 2 atom stereocenters. The van der Waals surface area contributed by atoms with Gasteiger partial charge in [-0.2, -0.15) is 0 Å². The van der Waals surface area contributed by atoms with Crippen molar-refractivity contribution in [2.75, 3.05) is 26.4 Å². The van der Waals surface area contributed by atoms with Crippen molar-refractivity contribution in [1.29, 1.82) is 0 Å². The zero-order chi connectivity index (χ0) is 22.8. The molecular formula is C29H34O4. The molecule has 2 heterocycles. The summed E-state index contributed by atoms with van der Waals surface area (Å²) >= 11 is 0. The maximum atomic E-state index is 6.14. The second-order valence-electron chi connectivity index (χ2n) is 9.89. The normalized spacial score (nSPS) is 21.8. The lowest BCUT2D eigenvalue weighted by atomic mass is 9.79. The fourth-order valence-corrected chi connectivity index (χ4v) is 4.16. The molecule has 4 heteroatoms. The molecule has 4 nitrogen and oxygen atoms in total. The maximum absolute atomic E-state index is 6.14. The standard InChI is InChI=1S/C29H34O4/c1-4-29(2,3)27-15-23(11-14-28(27)33-19-26-18-32-26)22-7-5-20(6-8-22)21-9-12-24(13-10-21)30-16-25-17-31-25/h5,7,9-15,25-26H,4,6,8,16-19H2,1-3H3. The van der Waals surface area contributed by atoms with Crippen molar-refractivity contribution in [3.63, 3.8) is 0 Å². The van der Waals surface area contributed by atoms with Gasteiger partial charge in [-0.25, -0.2) is 0 Å². The summed E-state index contributed by atoms with van der Waals surface area (Å²) < 4.78 is 22.4. The molecule has 1 aliphatic carbocycles. The van der Waals surface area contributed by atoms with Crippen LogP contribution in [0.2, 0.25) is 0 Å². The van der Waals surface area contributed by atoms with Gasteiger partial charge in [0.2, 0.25) is 0 Å². The topological polar surface area (TPSA) is 43.5 Å². The number of rotatable bonds is 10. The maximum Gasteiger partial charge on any atom is 0.123 e. The van der Waals surface area contributed by atoms with Crippen LogP contribution in [-0.2, 0) is 14.9 Å². The van der Waals surface area contributed by atoms with Crippen molar-refractivity contribution in [2.45, 2.75) is 57.7 Å². The minimum absolute atomic E-state index is 0.0570. The third-order valence-corrected chi connectivity index (χ3v) is 7.00. The quantitative estimate of drug-likeness (QED) is 0.408. The van der Waals surface area contributed by atoms with Crippen LogP contribution in [-0.4, -0.2) is 38.6 Å². The van der Waals surface area contributed by atoms with E-state index in [-0.39, 0.29) is 17.6 Å². The fourth-order valence-electron chi connectivity index (χ4n) is 4.16. The van der Waals surface area contributed by atoms with Crippen molar-refractivity contribution in [3.8, 4) is 11.5 Å². The van der Waals surface area contributed by atoms with Gasteiger partial charge in [0, 0.05) is 5.56 Å². The van der Waals surface area contributed by atoms with Gasteiger partial charge >= 0.3 is 0 Å². The third kappa shape index (κ3) is 5.51. The minimum atomic E-state index is 0.0570. The van der Waals surface area contributed by atoms with Gasteiger partial charge in [0.1, 0.15) is 36.9 Å². The first-order valence-electron chi connectivity index (χ1n) is 12.2. The molecule has 0 radical (unpaired) electrons. The molecule has 0 N–H and O–H groups in total. The summed E-state index contributed by atoms with van der Waals surface area (Å²) in [5.41, 5.74) is 6.65. The number of hydrogen-bond acceptors (Lipinski definition) is 4. The molecule has 2 fully saturated rings. The zero-order valence-corrected chi connectivity index (χ0v) is 19.9. The Hall–Kier alpha value is -2.56. The highest BCUT2D eigenvalue weighted by Gasteiger charge is 2.27. The minimum Gasteiger partial charge on any atom is -0.491 e. The van der Waals surface area contributed by atoms with Gasteiger partial charge in [-0.15, -0.1) is 0 Å². The van der Waals surface area contributed by atoms with Crippen LogP contribution < -0.4 is 9.47 Å². The molecule has 0 amide bonds. The van der Waals surface area contributed by atoms with Gasteiger partial charge in [0.05, 0.1) is 13.2 Å². The predicted molar refractivity (Wildman–Crippen MR) is 132 cm³/mol. The smallest absolute Gasteiger partial charge is 0.123 e. The van der Waals surface area contributed by atoms with Crippen LogP contribution in [0.4, 0.5) is 0 Å². The summed E-state index contributed by atoms with van der Waals surface area (Å²) in [4.78, 5) is 0. The number of allylic oxidation sites excluding steroid dienone is 4. The number of epoxide rings is 2. The largest absolute Gasteiger partial charge is 0.491 e. The first-order valence-corrected chi connectivity index (χ1v) is 12.2. The van der Waals surface area contributed by atoms with Gasteiger partial charge in [-0.3, -0.25) is 0 Å². The van der Waals surface area contributed by atoms with Gasteiger partial charge in [-0.05, 0) is 71.2 Å². The van der Waals surface area contributed by atoms with Crippen LogP contribution in [0.5, 0.6) is 11.5 Å². The highest BCUT2D eigenvalue weighted by Crippen LogP contribution is 2.39. The van der Waals surface area contributed by atoms with E-state index in [1.165, 1.54) is 27.8 Å². The van der Waals surface area contributed by atoms with E-state index in [0.29, 0.717) is 13.2 Å². The Bertz CT molecular complexity index is 1040. The molecule has 0 aromatic heterocycles. The van der Waals surface area contributed by atoms with Crippen LogP contribution in [0.15, 0.2) is 54.6 Å². The van der Waals surface area contributed by atoms with Crippen LogP contribution >= 0.6 is 0 Å². The first kappa shape index (κ1) is 22.2. The summed E-state index contributed by atoms with van der Waals surface area (Å²) in [5.74, 6) is 1.90. The third-order valence-electron chi connectivity index (χ3n) is 7.00. The second kappa shape index (κ2) is 9.36. The number of benzene rings is 2. The molecule has 0 spiro atoms. The van der Waals surface area contributed by atoms with E-state index in [4.69, 9.17) is 18.9 Å². The van der Waals surface area contributed by atoms with Crippen molar-refractivity contribution < 1.29 is 18.9 Å². The summed E-state index contributed by atoms with van der Waals surface area (Å²) in [6.45, 7) is 9.75. The van der Waals surface area contributed by atoms with Crippen molar-refractivity contribution >= 4 is 11.1 Å². The lowest BCUT2D eigenvalue weighted by Gasteiger charge is -2.27. The fraction of sp³-hybridized carbons (Fsp3) is 0.448. The predicted octanol–water partition coefficient (Wildman–Crippen LogP) is 6.19. The van der Waals surface area contributed by atoms with E-state index in [9.17, 15) is 0 Å². The number of hydrogen-bond donors (Lipinski definition) is 0. The van der Waals surface area contributed by atoms with Crippen LogP contribution in [0.1, 0.15) is 56.7 Å². The molecule has 0 bridgehead atoms. The summed E-state index contributed by atoms with van der Waals surface area (Å²) in [7, 11) is 0. The Morgan fingerprint density at radius 1 is 0.818 bits per heavy atom. The Kier molecular flexibility index (Phi) is 6.31. The monoisotopic (exact) mass is 446 g/mol. The van der Waals surface area contributed by atoms with E-state index in [2.05, 4.69) is 75.4 Å². The van der Waals surface area contributed by atoms with Crippen LogP contribution in [0.3, 0.4) is 0 Å². The molecule has 2 aromatic carbocycles. The van der Waals surface area contributed by atoms with E-state index >= 15 is 0 Å². The van der Waals surface area contributed by atoms with E-state index in [1.807, 2.05) is 0 Å².